The van der Waals surface area contributed by atoms with E-state index in [1.807, 2.05) is 0 Å². The van der Waals surface area contributed by atoms with Crippen LogP contribution in [-0.2, 0) is 24.3 Å². The summed E-state index contributed by atoms with van der Waals surface area (Å²) in [6.45, 7) is 7.58. The Balaban J connectivity index is 0.000000166. The molecule has 6 aromatic rings. The SMILES string of the molecule is C#CC(C)(O)c1noc(C)n1.Cc1nc(C(C)(O)C#Cc2cc3c(cc2F)OCCn2cc(C(N)=O)nc2-3)no1.NC(=O)c1cn2c(n1)-c1cc(Br)c(F)cc1OCC2. The molecule has 0 bridgehead atoms. The molecule has 2 aromatic carbocycles. The molecule has 59 heavy (non-hydrogen) atoms. The van der Waals surface area contributed by atoms with Gasteiger partial charge in [0.2, 0.25) is 23.4 Å². The van der Waals surface area contributed by atoms with E-state index < -0.39 is 34.7 Å². The maximum atomic E-state index is 14.6. The monoisotopic (exact) mass is 874 g/mol. The van der Waals surface area contributed by atoms with E-state index in [1.165, 1.54) is 38.2 Å². The lowest BCUT2D eigenvalue weighted by atomic mass is 10.0. The number of nitrogens with zero attached hydrogens (tertiary/aromatic N) is 8. The summed E-state index contributed by atoms with van der Waals surface area (Å²) < 4.78 is 52.5. The zero-order valence-corrected chi connectivity index (χ0v) is 33.2. The summed E-state index contributed by atoms with van der Waals surface area (Å²) in [6.07, 6.45) is 8.12. The second kappa shape index (κ2) is 16.5. The predicted molar refractivity (Wildman–Crippen MR) is 204 cm³/mol. The standard InChI is InChI=1S/C19H16FN5O4.C12H9BrFN3O2.C7H8N2O2/c1-10-22-18(24-29-10)19(2,27)4-3-11-7-12-15(8-13(11)20)28-6-5-25-9-14(16(21)26)23-17(12)25;13-7-3-6-10(4-8(7)14)19-2-1-17-5-9(11(15)18)16-12(6)17;1-4-7(3,10)6-8-5(2)11-9-6/h7-9,27H,5-6H2,1-2H3,(H2,21,26);3-5H,1-2H2,(H2,15,18);1,10H,2-3H3. The van der Waals surface area contributed by atoms with Gasteiger partial charge in [-0.15, -0.1) is 6.42 Å². The van der Waals surface area contributed by atoms with Crippen LogP contribution in [-0.4, -0.2) is 74.6 Å². The van der Waals surface area contributed by atoms with Crippen LogP contribution in [0.4, 0.5) is 8.78 Å². The van der Waals surface area contributed by atoms with Gasteiger partial charge in [0.05, 0.1) is 34.3 Å². The van der Waals surface area contributed by atoms with Crippen LogP contribution < -0.4 is 20.9 Å². The summed E-state index contributed by atoms with van der Waals surface area (Å²) in [6, 6.07) is 5.53. The average Bonchev–Trinajstić information content (AvgIpc) is 3.98. The van der Waals surface area contributed by atoms with Crippen molar-refractivity contribution in [3.8, 4) is 58.5 Å². The summed E-state index contributed by atoms with van der Waals surface area (Å²) in [5.74, 6) is 7.39. The van der Waals surface area contributed by atoms with Crippen molar-refractivity contribution in [2.75, 3.05) is 13.2 Å². The van der Waals surface area contributed by atoms with Crippen molar-refractivity contribution < 1.29 is 47.1 Å². The minimum absolute atomic E-state index is 0.00455. The molecule has 0 radical (unpaired) electrons. The molecule has 0 aliphatic carbocycles. The molecule has 6 heterocycles. The molecule has 2 amide bonds. The van der Waals surface area contributed by atoms with E-state index in [1.54, 1.807) is 35.2 Å². The fraction of sp³-hybridized carbons (Fsp3) is 0.263. The van der Waals surface area contributed by atoms with E-state index in [-0.39, 0.29) is 46.8 Å². The lowest BCUT2D eigenvalue weighted by molar-refractivity contribution is 0.0987. The molecule has 0 spiro atoms. The number of hydrogen-bond donors (Lipinski definition) is 4. The van der Waals surface area contributed by atoms with E-state index in [0.717, 1.165) is 0 Å². The first-order valence-electron chi connectivity index (χ1n) is 17.3. The number of aryl methyl sites for hydroxylation is 2. The van der Waals surface area contributed by atoms with Gasteiger partial charge in [-0.3, -0.25) is 9.59 Å². The van der Waals surface area contributed by atoms with Crippen molar-refractivity contribution in [2.45, 2.75) is 52.0 Å². The van der Waals surface area contributed by atoms with Gasteiger partial charge >= 0.3 is 0 Å². The van der Waals surface area contributed by atoms with Crippen LogP contribution in [0.1, 0.15) is 63.8 Å². The highest BCUT2D eigenvalue weighted by Gasteiger charge is 2.28. The molecule has 0 saturated heterocycles. The van der Waals surface area contributed by atoms with Crippen LogP contribution in [0.15, 0.2) is 50.2 Å². The van der Waals surface area contributed by atoms with Crippen molar-refractivity contribution in [3.05, 3.63) is 93.1 Å². The number of fused-ring (bicyclic) bond motifs is 6. The summed E-state index contributed by atoms with van der Waals surface area (Å²) in [5.41, 5.74) is 8.72. The molecule has 21 heteroatoms. The number of carbonyl (C=O) groups excluding carboxylic acids is 2. The first kappa shape index (κ1) is 41.7. The Hall–Kier alpha value is -6.94. The number of rotatable bonds is 4. The summed E-state index contributed by atoms with van der Waals surface area (Å²) in [5, 5.41) is 27.0. The first-order chi connectivity index (χ1) is 27.9. The molecule has 2 atom stereocenters. The van der Waals surface area contributed by atoms with Gasteiger partial charge in [0, 0.05) is 38.4 Å². The minimum Gasteiger partial charge on any atom is -0.491 e. The Morgan fingerprint density at radius 1 is 0.797 bits per heavy atom. The molecule has 304 valence electrons. The van der Waals surface area contributed by atoms with Crippen molar-refractivity contribution in [2.24, 2.45) is 11.5 Å². The Bertz CT molecular complexity index is 2700. The quantitative estimate of drug-likeness (QED) is 0.186. The number of aliphatic hydroxyl groups is 2. The number of terminal acetylenes is 1. The normalized spacial score (nSPS) is 14.2. The fourth-order valence-corrected chi connectivity index (χ4v) is 5.76. The number of imidazole rings is 2. The maximum absolute atomic E-state index is 14.6. The number of amides is 2. The maximum Gasteiger partial charge on any atom is 0.268 e. The van der Waals surface area contributed by atoms with E-state index in [9.17, 15) is 28.6 Å². The van der Waals surface area contributed by atoms with Crippen molar-refractivity contribution in [1.29, 1.82) is 0 Å². The average molecular weight is 876 g/mol. The number of carbonyl (C=O) groups is 2. The minimum atomic E-state index is -1.74. The molecule has 0 fully saturated rings. The van der Waals surface area contributed by atoms with Crippen LogP contribution in [0, 0.1) is 49.7 Å². The highest BCUT2D eigenvalue weighted by atomic mass is 79.9. The Kier molecular flexibility index (Phi) is 11.7. The van der Waals surface area contributed by atoms with Gasteiger partial charge in [-0.05, 0) is 41.9 Å². The Morgan fingerprint density at radius 2 is 1.27 bits per heavy atom. The van der Waals surface area contributed by atoms with Crippen LogP contribution in [0.5, 0.6) is 11.5 Å². The molecule has 4 aromatic heterocycles. The number of primary amides is 2. The van der Waals surface area contributed by atoms with Gasteiger partial charge in [0.25, 0.3) is 11.8 Å². The van der Waals surface area contributed by atoms with Crippen molar-refractivity contribution in [3.63, 3.8) is 0 Å². The molecule has 6 N–H and O–H groups in total. The first-order valence-corrected chi connectivity index (χ1v) is 18.1. The molecule has 18 nitrogen and oxygen atoms in total. The van der Waals surface area contributed by atoms with Gasteiger partial charge in [-0.25, -0.2) is 18.7 Å². The van der Waals surface area contributed by atoms with E-state index in [2.05, 4.69) is 68.5 Å². The van der Waals surface area contributed by atoms with Gasteiger partial charge < -0.3 is 49.3 Å². The van der Waals surface area contributed by atoms with Gasteiger partial charge in [-0.1, -0.05) is 28.1 Å². The molecule has 8 rings (SSSR count). The number of hydrogen-bond acceptors (Lipinski definition) is 14. The second-order valence-corrected chi connectivity index (χ2v) is 14.0. The highest BCUT2D eigenvalue weighted by Crippen LogP contribution is 2.36. The molecule has 2 aliphatic rings. The lowest BCUT2D eigenvalue weighted by Crippen LogP contribution is -2.20. The Morgan fingerprint density at radius 3 is 1.73 bits per heavy atom. The molecule has 2 aliphatic heterocycles. The zero-order chi connectivity index (χ0) is 42.8. The topological polar surface area (TPSA) is 259 Å². The number of nitrogens with two attached hydrogens (primary N) is 2. The van der Waals surface area contributed by atoms with Crippen LogP contribution in [0.3, 0.4) is 0 Å². The third-order valence-electron chi connectivity index (χ3n) is 8.46. The van der Waals surface area contributed by atoms with Gasteiger partial charge in [0.1, 0.15) is 59.4 Å². The lowest BCUT2D eigenvalue weighted by Gasteiger charge is -2.11. The van der Waals surface area contributed by atoms with E-state index in [0.29, 0.717) is 58.6 Å². The van der Waals surface area contributed by atoms with Crippen LogP contribution >= 0.6 is 15.9 Å². The molecule has 2 unspecified atom stereocenters. The highest BCUT2D eigenvalue weighted by molar-refractivity contribution is 9.10. The fourth-order valence-electron chi connectivity index (χ4n) is 5.42. The number of benzene rings is 2. The van der Waals surface area contributed by atoms with Crippen LogP contribution in [0.25, 0.3) is 22.8 Å². The second-order valence-electron chi connectivity index (χ2n) is 13.1. The number of halogens is 3. The van der Waals surface area contributed by atoms with Gasteiger partial charge in [-0.2, -0.15) is 9.97 Å². The third kappa shape index (κ3) is 9.12. The van der Waals surface area contributed by atoms with E-state index in [4.69, 9.17) is 31.9 Å². The van der Waals surface area contributed by atoms with Gasteiger partial charge in [0.15, 0.2) is 11.2 Å². The van der Waals surface area contributed by atoms with E-state index >= 15 is 0 Å². The van der Waals surface area contributed by atoms with Crippen molar-refractivity contribution >= 4 is 27.7 Å². The zero-order valence-electron chi connectivity index (χ0n) is 31.6. The molecular weight excluding hydrogens is 842 g/mol. The summed E-state index contributed by atoms with van der Waals surface area (Å²) in [7, 11) is 0. The summed E-state index contributed by atoms with van der Waals surface area (Å²) >= 11 is 3.13. The smallest absolute Gasteiger partial charge is 0.268 e. The summed E-state index contributed by atoms with van der Waals surface area (Å²) in [4.78, 5) is 38.8. The third-order valence-corrected chi connectivity index (χ3v) is 9.07. The molecular formula is C38H33BrF2N10O8. The number of ether oxygens (including phenoxy) is 2. The van der Waals surface area contributed by atoms with Crippen molar-refractivity contribution in [1.82, 2.24) is 39.4 Å². The predicted octanol–water partition coefficient (Wildman–Crippen LogP) is 3.29. The molecule has 0 saturated carbocycles. The Labute approximate surface area is 341 Å². The van der Waals surface area contributed by atoms with Crippen LogP contribution in [0.2, 0.25) is 0 Å². The largest absolute Gasteiger partial charge is 0.491 e. The number of aromatic nitrogens is 8.